The Morgan fingerprint density at radius 3 is 2.35 bits per heavy atom. The summed E-state index contributed by atoms with van der Waals surface area (Å²) in [6.45, 7) is 13.1. The van der Waals surface area contributed by atoms with Gasteiger partial charge in [0, 0.05) is 6.04 Å². The third-order valence-corrected chi connectivity index (χ3v) is 4.35. The molecule has 0 aromatic heterocycles. The van der Waals surface area contributed by atoms with Gasteiger partial charge in [0.25, 0.3) is 0 Å². The van der Waals surface area contributed by atoms with Gasteiger partial charge >= 0.3 is 0 Å². The standard InChI is InChI=1S/C16H33N/c1-13(2)11-12-17-15-8-6-7-14(9-10-15)16(3,4)5/h13-15,17H,6-12H2,1-5H3. The maximum absolute atomic E-state index is 3.76. The van der Waals surface area contributed by atoms with Gasteiger partial charge in [-0.3, -0.25) is 0 Å². The van der Waals surface area contributed by atoms with Crippen LogP contribution in [0.25, 0.3) is 0 Å². The molecule has 1 rings (SSSR count). The van der Waals surface area contributed by atoms with Crippen LogP contribution in [0.15, 0.2) is 0 Å². The van der Waals surface area contributed by atoms with E-state index in [1.54, 1.807) is 0 Å². The minimum atomic E-state index is 0.507. The van der Waals surface area contributed by atoms with E-state index in [4.69, 9.17) is 0 Å². The van der Waals surface area contributed by atoms with E-state index in [-0.39, 0.29) is 0 Å². The van der Waals surface area contributed by atoms with Crippen molar-refractivity contribution in [3.63, 3.8) is 0 Å². The molecule has 0 aromatic carbocycles. The Labute approximate surface area is 109 Å². The first kappa shape index (κ1) is 15.0. The van der Waals surface area contributed by atoms with Crippen molar-refractivity contribution < 1.29 is 0 Å². The molecule has 102 valence electrons. The smallest absolute Gasteiger partial charge is 0.00671 e. The van der Waals surface area contributed by atoms with Crippen molar-refractivity contribution in [1.82, 2.24) is 5.32 Å². The van der Waals surface area contributed by atoms with Crippen LogP contribution in [-0.4, -0.2) is 12.6 Å². The van der Waals surface area contributed by atoms with Gasteiger partial charge in [-0.15, -0.1) is 0 Å². The maximum atomic E-state index is 3.76. The van der Waals surface area contributed by atoms with Crippen molar-refractivity contribution in [1.29, 1.82) is 0 Å². The van der Waals surface area contributed by atoms with Crippen LogP contribution in [0.3, 0.4) is 0 Å². The van der Waals surface area contributed by atoms with Gasteiger partial charge in [0.2, 0.25) is 0 Å². The van der Waals surface area contributed by atoms with Crippen LogP contribution in [-0.2, 0) is 0 Å². The summed E-state index contributed by atoms with van der Waals surface area (Å²) in [5, 5.41) is 3.76. The zero-order valence-electron chi connectivity index (χ0n) is 12.7. The van der Waals surface area contributed by atoms with E-state index in [1.165, 1.54) is 45.1 Å². The molecule has 0 heterocycles. The first-order chi connectivity index (χ1) is 7.89. The van der Waals surface area contributed by atoms with E-state index in [1.807, 2.05) is 0 Å². The number of hydrogen-bond acceptors (Lipinski definition) is 1. The highest BCUT2D eigenvalue weighted by Crippen LogP contribution is 2.36. The number of hydrogen-bond donors (Lipinski definition) is 1. The molecule has 17 heavy (non-hydrogen) atoms. The molecule has 0 aliphatic heterocycles. The summed E-state index contributed by atoms with van der Waals surface area (Å²) in [5.74, 6) is 1.76. The second-order valence-electron chi connectivity index (χ2n) is 7.40. The first-order valence-corrected chi connectivity index (χ1v) is 7.63. The van der Waals surface area contributed by atoms with Crippen molar-refractivity contribution in [3.05, 3.63) is 0 Å². The van der Waals surface area contributed by atoms with E-state index in [0.29, 0.717) is 5.41 Å². The molecular formula is C16H33N. The van der Waals surface area contributed by atoms with Crippen LogP contribution in [0.4, 0.5) is 0 Å². The highest BCUT2D eigenvalue weighted by molar-refractivity contribution is 4.81. The predicted octanol–water partition coefficient (Wildman–Crippen LogP) is 4.62. The van der Waals surface area contributed by atoms with Crippen LogP contribution in [0.2, 0.25) is 0 Å². The minimum Gasteiger partial charge on any atom is -0.314 e. The Bertz CT molecular complexity index is 202. The molecular weight excluding hydrogens is 206 g/mol. The predicted molar refractivity (Wildman–Crippen MR) is 77.3 cm³/mol. The molecule has 2 unspecified atom stereocenters. The fourth-order valence-electron chi connectivity index (χ4n) is 2.95. The maximum Gasteiger partial charge on any atom is 0.00671 e. The van der Waals surface area contributed by atoms with Crippen LogP contribution in [0.1, 0.15) is 73.1 Å². The van der Waals surface area contributed by atoms with Crippen molar-refractivity contribution in [2.24, 2.45) is 17.3 Å². The molecule has 0 aromatic rings. The van der Waals surface area contributed by atoms with Crippen molar-refractivity contribution >= 4 is 0 Å². The number of nitrogens with one attached hydrogen (secondary N) is 1. The largest absolute Gasteiger partial charge is 0.314 e. The lowest BCUT2D eigenvalue weighted by Crippen LogP contribution is -2.30. The molecule has 1 aliphatic rings. The van der Waals surface area contributed by atoms with Crippen LogP contribution in [0, 0.1) is 17.3 Å². The van der Waals surface area contributed by atoms with Crippen LogP contribution < -0.4 is 5.32 Å². The number of rotatable bonds is 4. The van der Waals surface area contributed by atoms with Gasteiger partial charge in [0.1, 0.15) is 0 Å². The molecule has 1 N–H and O–H groups in total. The lowest BCUT2D eigenvalue weighted by atomic mass is 9.76. The second kappa shape index (κ2) is 6.78. The highest BCUT2D eigenvalue weighted by atomic mass is 14.9. The molecule has 0 radical (unpaired) electrons. The summed E-state index contributed by atoms with van der Waals surface area (Å²) in [5.41, 5.74) is 0.507. The second-order valence-corrected chi connectivity index (χ2v) is 7.40. The van der Waals surface area contributed by atoms with Gasteiger partial charge in [-0.25, -0.2) is 0 Å². The fourth-order valence-corrected chi connectivity index (χ4v) is 2.95. The van der Waals surface area contributed by atoms with E-state index >= 15 is 0 Å². The molecule has 1 fully saturated rings. The van der Waals surface area contributed by atoms with Crippen molar-refractivity contribution in [3.8, 4) is 0 Å². The molecule has 0 saturated heterocycles. The lowest BCUT2D eigenvalue weighted by molar-refractivity contribution is 0.213. The Balaban J connectivity index is 2.28. The van der Waals surface area contributed by atoms with Crippen molar-refractivity contribution in [2.75, 3.05) is 6.54 Å². The summed E-state index contributed by atoms with van der Waals surface area (Å²) in [7, 11) is 0. The Morgan fingerprint density at radius 1 is 1.06 bits per heavy atom. The lowest BCUT2D eigenvalue weighted by Gasteiger charge is -2.29. The molecule has 0 spiro atoms. The molecule has 1 saturated carbocycles. The quantitative estimate of drug-likeness (QED) is 0.706. The average Bonchev–Trinajstić information content (AvgIpc) is 2.41. The topological polar surface area (TPSA) is 12.0 Å². The molecule has 0 bridgehead atoms. The van der Waals surface area contributed by atoms with E-state index < -0.39 is 0 Å². The summed E-state index contributed by atoms with van der Waals surface area (Å²) >= 11 is 0. The van der Waals surface area contributed by atoms with Gasteiger partial charge < -0.3 is 5.32 Å². The monoisotopic (exact) mass is 239 g/mol. The molecule has 1 heteroatoms. The van der Waals surface area contributed by atoms with Gasteiger partial charge in [0.05, 0.1) is 0 Å². The zero-order chi connectivity index (χ0) is 12.9. The van der Waals surface area contributed by atoms with Crippen molar-refractivity contribution in [2.45, 2.75) is 79.2 Å². The average molecular weight is 239 g/mol. The van der Waals surface area contributed by atoms with E-state index in [2.05, 4.69) is 39.9 Å². The zero-order valence-corrected chi connectivity index (χ0v) is 12.7. The van der Waals surface area contributed by atoms with E-state index in [9.17, 15) is 0 Å². The summed E-state index contributed by atoms with van der Waals surface area (Å²) in [4.78, 5) is 0. The first-order valence-electron chi connectivity index (χ1n) is 7.63. The van der Waals surface area contributed by atoms with E-state index in [0.717, 1.165) is 17.9 Å². The van der Waals surface area contributed by atoms with Gasteiger partial charge in [-0.1, -0.05) is 41.0 Å². The summed E-state index contributed by atoms with van der Waals surface area (Å²) < 4.78 is 0. The van der Waals surface area contributed by atoms with Gasteiger partial charge in [-0.2, -0.15) is 0 Å². The third kappa shape index (κ3) is 5.90. The third-order valence-electron chi connectivity index (χ3n) is 4.35. The van der Waals surface area contributed by atoms with Gasteiger partial charge in [-0.05, 0) is 55.9 Å². The Kier molecular flexibility index (Phi) is 5.99. The fraction of sp³-hybridized carbons (Fsp3) is 1.00. The Morgan fingerprint density at radius 2 is 1.76 bits per heavy atom. The molecule has 2 atom stereocenters. The molecule has 0 amide bonds. The highest BCUT2D eigenvalue weighted by Gasteiger charge is 2.27. The normalized spacial score (nSPS) is 27.2. The summed E-state index contributed by atoms with van der Waals surface area (Å²) in [6.07, 6.45) is 8.37. The summed E-state index contributed by atoms with van der Waals surface area (Å²) in [6, 6.07) is 0.793. The Hall–Kier alpha value is -0.0400. The van der Waals surface area contributed by atoms with Crippen LogP contribution in [0.5, 0.6) is 0 Å². The SMILES string of the molecule is CC(C)CCNC1CCCC(C(C)(C)C)CC1. The molecule has 1 nitrogen and oxygen atoms in total. The van der Waals surface area contributed by atoms with Gasteiger partial charge in [0.15, 0.2) is 0 Å². The van der Waals surface area contributed by atoms with Crippen LogP contribution >= 0.6 is 0 Å². The molecule has 1 aliphatic carbocycles. The minimum absolute atomic E-state index is 0.507.